The normalized spacial score (nSPS) is 13.5. The highest BCUT2D eigenvalue weighted by molar-refractivity contribution is 7.80. The van der Waals surface area contributed by atoms with Crippen molar-refractivity contribution in [2.75, 3.05) is 11.9 Å². The van der Waals surface area contributed by atoms with Gasteiger partial charge in [0.1, 0.15) is 0 Å². The first kappa shape index (κ1) is 26.3. The topological polar surface area (TPSA) is 96.5 Å². The summed E-state index contributed by atoms with van der Waals surface area (Å²) < 4.78 is 5.19. The molecule has 1 aliphatic rings. The number of carbonyl (C=O) groups excluding carboxylic acids is 3. The van der Waals surface area contributed by atoms with Gasteiger partial charge in [-0.1, -0.05) is 49.6 Å². The number of carbonyl (C=O) groups is 3. The van der Waals surface area contributed by atoms with Crippen LogP contribution in [-0.2, 0) is 20.7 Å². The SMILES string of the molecule is O=C(CCC(=O)OCCCc1ccccc1)NC(=S)Nc1ccc(C(=O)NC2CCCCC2)cc1. The predicted octanol–water partition coefficient (Wildman–Crippen LogP) is 4.52. The lowest BCUT2D eigenvalue weighted by atomic mass is 9.95. The molecule has 8 heteroatoms. The first-order valence-electron chi connectivity index (χ1n) is 12.2. The zero-order chi connectivity index (χ0) is 24.9. The molecule has 1 saturated carbocycles. The molecule has 2 amide bonds. The number of rotatable bonds is 10. The largest absolute Gasteiger partial charge is 0.466 e. The van der Waals surface area contributed by atoms with Crippen LogP contribution in [0.2, 0.25) is 0 Å². The average molecular weight is 496 g/mol. The molecule has 0 heterocycles. The molecule has 0 unspecified atom stereocenters. The summed E-state index contributed by atoms with van der Waals surface area (Å²) in [6.45, 7) is 0.323. The fourth-order valence-corrected chi connectivity index (χ4v) is 4.20. The van der Waals surface area contributed by atoms with E-state index in [1.807, 2.05) is 30.3 Å². The molecule has 3 N–H and O–H groups in total. The summed E-state index contributed by atoms with van der Waals surface area (Å²) in [7, 11) is 0. The van der Waals surface area contributed by atoms with Crippen LogP contribution >= 0.6 is 12.2 Å². The number of esters is 1. The molecule has 35 heavy (non-hydrogen) atoms. The van der Waals surface area contributed by atoms with Crippen molar-refractivity contribution >= 4 is 40.8 Å². The van der Waals surface area contributed by atoms with Crippen LogP contribution in [-0.4, -0.2) is 35.5 Å². The minimum Gasteiger partial charge on any atom is -0.466 e. The number of amides is 2. The molecule has 0 saturated heterocycles. The summed E-state index contributed by atoms with van der Waals surface area (Å²) >= 11 is 5.18. The molecule has 186 valence electrons. The van der Waals surface area contributed by atoms with E-state index in [4.69, 9.17) is 17.0 Å². The van der Waals surface area contributed by atoms with E-state index >= 15 is 0 Å². The van der Waals surface area contributed by atoms with Crippen LogP contribution in [0.3, 0.4) is 0 Å². The zero-order valence-electron chi connectivity index (χ0n) is 19.9. The van der Waals surface area contributed by atoms with Gasteiger partial charge in [0.15, 0.2) is 5.11 Å². The molecule has 3 rings (SSSR count). The fourth-order valence-electron chi connectivity index (χ4n) is 3.97. The molecule has 2 aromatic carbocycles. The Kier molecular flexibility index (Phi) is 10.7. The Morgan fingerprint density at radius 2 is 1.63 bits per heavy atom. The van der Waals surface area contributed by atoms with Gasteiger partial charge in [0.25, 0.3) is 5.91 Å². The Bertz CT molecular complexity index is 989. The third-order valence-electron chi connectivity index (χ3n) is 5.87. The smallest absolute Gasteiger partial charge is 0.306 e. The van der Waals surface area contributed by atoms with Crippen LogP contribution in [0.4, 0.5) is 5.69 Å². The van der Waals surface area contributed by atoms with E-state index in [2.05, 4.69) is 16.0 Å². The van der Waals surface area contributed by atoms with E-state index in [1.165, 1.54) is 12.0 Å². The quantitative estimate of drug-likeness (QED) is 0.255. The van der Waals surface area contributed by atoms with Crippen LogP contribution in [0.5, 0.6) is 0 Å². The van der Waals surface area contributed by atoms with Crippen molar-refractivity contribution < 1.29 is 19.1 Å². The van der Waals surface area contributed by atoms with E-state index in [1.54, 1.807) is 24.3 Å². The summed E-state index contributed by atoms with van der Waals surface area (Å²) in [4.78, 5) is 36.4. The van der Waals surface area contributed by atoms with Crippen LogP contribution in [0.15, 0.2) is 54.6 Å². The standard InChI is InChI=1S/C27H33N3O4S/c31-24(17-18-25(32)34-19-7-10-20-8-3-1-4-9-20)30-27(35)29-23-15-13-21(14-16-23)26(33)28-22-11-5-2-6-12-22/h1,3-4,8-9,13-16,22H,2,5-7,10-12,17-19H2,(H,28,33)(H2,29,30,31,35). The van der Waals surface area contributed by atoms with Crippen molar-refractivity contribution in [1.82, 2.24) is 10.6 Å². The number of nitrogens with one attached hydrogen (secondary N) is 3. The second kappa shape index (κ2) is 14.2. The van der Waals surface area contributed by atoms with E-state index in [-0.39, 0.29) is 35.8 Å². The van der Waals surface area contributed by atoms with Crippen molar-refractivity contribution in [2.45, 2.75) is 63.8 Å². The highest BCUT2D eigenvalue weighted by Gasteiger charge is 2.16. The lowest BCUT2D eigenvalue weighted by Crippen LogP contribution is -2.36. The number of thiocarbonyl (C=S) groups is 1. The van der Waals surface area contributed by atoms with Gasteiger partial charge in [0, 0.05) is 23.7 Å². The maximum atomic E-state index is 12.4. The van der Waals surface area contributed by atoms with Crippen molar-refractivity contribution in [2.24, 2.45) is 0 Å². The molecule has 0 radical (unpaired) electrons. The van der Waals surface area contributed by atoms with Crippen LogP contribution < -0.4 is 16.0 Å². The highest BCUT2D eigenvalue weighted by atomic mass is 32.1. The summed E-state index contributed by atoms with van der Waals surface area (Å²) in [6.07, 6.45) is 7.17. The lowest BCUT2D eigenvalue weighted by Gasteiger charge is -2.22. The molecule has 0 bridgehead atoms. The molecule has 2 aromatic rings. The van der Waals surface area contributed by atoms with Crippen LogP contribution in [0.1, 0.15) is 67.3 Å². The predicted molar refractivity (Wildman–Crippen MR) is 140 cm³/mol. The Morgan fingerprint density at radius 1 is 0.914 bits per heavy atom. The van der Waals surface area contributed by atoms with Gasteiger partial charge in [-0.3, -0.25) is 14.4 Å². The van der Waals surface area contributed by atoms with Gasteiger partial charge in [0.2, 0.25) is 5.91 Å². The molecule has 0 spiro atoms. The van der Waals surface area contributed by atoms with Gasteiger partial charge < -0.3 is 20.7 Å². The summed E-state index contributed by atoms with van der Waals surface area (Å²) in [5.74, 6) is -0.854. The van der Waals surface area contributed by atoms with Gasteiger partial charge in [-0.2, -0.15) is 0 Å². The van der Waals surface area contributed by atoms with Gasteiger partial charge in [0.05, 0.1) is 13.0 Å². The molecular weight excluding hydrogens is 462 g/mol. The van der Waals surface area contributed by atoms with Gasteiger partial charge >= 0.3 is 5.97 Å². The minimum atomic E-state index is -0.408. The molecule has 0 aliphatic heterocycles. The molecule has 0 aromatic heterocycles. The minimum absolute atomic E-state index is 0.00934. The van der Waals surface area contributed by atoms with Crippen molar-refractivity contribution in [3.8, 4) is 0 Å². The number of aryl methyl sites for hydroxylation is 1. The number of hydrogen-bond acceptors (Lipinski definition) is 5. The maximum Gasteiger partial charge on any atom is 0.306 e. The number of hydrogen-bond donors (Lipinski definition) is 3. The Labute approximate surface area is 212 Å². The Hall–Kier alpha value is -3.26. The molecule has 1 fully saturated rings. The zero-order valence-corrected chi connectivity index (χ0v) is 20.7. The van der Waals surface area contributed by atoms with Crippen molar-refractivity contribution in [3.63, 3.8) is 0 Å². The second-order valence-electron chi connectivity index (χ2n) is 8.70. The Balaban J connectivity index is 1.30. The van der Waals surface area contributed by atoms with E-state index in [9.17, 15) is 14.4 Å². The molecule has 0 atom stereocenters. The van der Waals surface area contributed by atoms with Crippen LogP contribution in [0.25, 0.3) is 0 Å². The van der Waals surface area contributed by atoms with Crippen molar-refractivity contribution in [1.29, 1.82) is 0 Å². The fraction of sp³-hybridized carbons (Fsp3) is 0.407. The maximum absolute atomic E-state index is 12.4. The second-order valence-corrected chi connectivity index (χ2v) is 9.11. The van der Waals surface area contributed by atoms with E-state index in [0.29, 0.717) is 17.9 Å². The third kappa shape index (κ3) is 9.86. The van der Waals surface area contributed by atoms with Gasteiger partial charge in [-0.25, -0.2) is 0 Å². The van der Waals surface area contributed by atoms with Gasteiger partial charge in [-0.05, 0) is 67.7 Å². The molecule has 7 nitrogen and oxygen atoms in total. The van der Waals surface area contributed by atoms with Gasteiger partial charge in [-0.15, -0.1) is 0 Å². The lowest BCUT2D eigenvalue weighted by molar-refractivity contribution is -0.145. The van der Waals surface area contributed by atoms with Crippen molar-refractivity contribution in [3.05, 3.63) is 65.7 Å². The number of ether oxygens (including phenoxy) is 1. The molecular formula is C27H33N3O4S. The first-order chi connectivity index (χ1) is 17.0. The van der Waals surface area contributed by atoms with E-state index in [0.717, 1.165) is 38.5 Å². The monoisotopic (exact) mass is 495 g/mol. The summed E-state index contributed by atoms with van der Waals surface area (Å²) in [5, 5.41) is 8.69. The molecule has 1 aliphatic carbocycles. The third-order valence-corrected chi connectivity index (χ3v) is 6.07. The number of anilines is 1. The van der Waals surface area contributed by atoms with Crippen LogP contribution in [0, 0.1) is 0 Å². The highest BCUT2D eigenvalue weighted by Crippen LogP contribution is 2.18. The number of benzene rings is 2. The average Bonchev–Trinajstić information content (AvgIpc) is 2.87. The summed E-state index contributed by atoms with van der Waals surface area (Å²) in [5.41, 5.74) is 2.43. The first-order valence-corrected chi connectivity index (χ1v) is 12.6. The Morgan fingerprint density at radius 3 is 2.34 bits per heavy atom. The summed E-state index contributed by atoms with van der Waals surface area (Å²) in [6, 6.07) is 17.2. The van der Waals surface area contributed by atoms with E-state index < -0.39 is 5.97 Å².